The van der Waals surface area contributed by atoms with Crippen LogP contribution in [0.4, 0.5) is 10.1 Å². The summed E-state index contributed by atoms with van der Waals surface area (Å²) in [5, 5.41) is 1.01. The molecule has 0 atom stereocenters. The standard InChI is InChI=1S/C9H9FN2S/c1-2-9-12-7-4-6(11)5(10)3-8(7)13-9/h3-4H,2,11H2,1H3. The number of aromatic nitrogens is 1. The van der Waals surface area contributed by atoms with Crippen LogP contribution in [0.15, 0.2) is 12.1 Å². The zero-order valence-corrected chi connectivity index (χ0v) is 7.99. The highest BCUT2D eigenvalue weighted by Gasteiger charge is 2.06. The number of fused-ring (bicyclic) bond motifs is 1. The van der Waals surface area contributed by atoms with E-state index in [0.717, 1.165) is 21.6 Å². The van der Waals surface area contributed by atoms with Crippen molar-refractivity contribution in [3.05, 3.63) is 23.0 Å². The number of thiazole rings is 1. The summed E-state index contributed by atoms with van der Waals surface area (Å²) in [6.45, 7) is 2.03. The minimum Gasteiger partial charge on any atom is -0.396 e. The van der Waals surface area contributed by atoms with Crippen molar-refractivity contribution in [2.75, 3.05) is 5.73 Å². The van der Waals surface area contributed by atoms with Gasteiger partial charge in [-0.15, -0.1) is 11.3 Å². The Morgan fingerprint density at radius 2 is 2.31 bits per heavy atom. The molecule has 1 aromatic carbocycles. The lowest BCUT2D eigenvalue weighted by molar-refractivity contribution is 0.634. The zero-order chi connectivity index (χ0) is 9.42. The van der Waals surface area contributed by atoms with Gasteiger partial charge in [-0.2, -0.15) is 0 Å². The van der Waals surface area contributed by atoms with Gasteiger partial charge in [0.25, 0.3) is 0 Å². The van der Waals surface area contributed by atoms with Crippen LogP contribution in [-0.2, 0) is 6.42 Å². The second-order valence-electron chi connectivity index (χ2n) is 2.80. The molecule has 0 aliphatic heterocycles. The lowest BCUT2D eigenvalue weighted by Crippen LogP contribution is -1.88. The molecule has 4 heteroatoms. The first-order chi connectivity index (χ1) is 6.20. The van der Waals surface area contributed by atoms with Crippen LogP contribution in [0.5, 0.6) is 0 Å². The smallest absolute Gasteiger partial charge is 0.147 e. The van der Waals surface area contributed by atoms with E-state index in [9.17, 15) is 4.39 Å². The first-order valence-electron chi connectivity index (χ1n) is 4.05. The molecular weight excluding hydrogens is 187 g/mol. The van der Waals surface area contributed by atoms with E-state index in [0.29, 0.717) is 0 Å². The molecule has 0 radical (unpaired) electrons. The van der Waals surface area contributed by atoms with E-state index >= 15 is 0 Å². The first kappa shape index (κ1) is 8.44. The van der Waals surface area contributed by atoms with Crippen molar-refractivity contribution in [3.8, 4) is 0 Å². The SMILES string of the molecule is CCc1nc2cc(N)c(F)cc2s1. The first-order valence-corrected chi connectivity index (χ1v) is 4.86. The molecule has 0 fully saturated rings. The maximum absolute atomic E-state index is 13.0. The molecule has 68 valence electrons. The van der Waals surface area contributed by atoms with E-state index in [1.165, 1.54) is 17.4 Å². The number of halogens is 1. The van der Waals surface area contributed by atoms with Crippen molar-refractivity contribution in [2.45, 2.75) is 13.3 Å². The highest BCUT2D eigenvalue weighted by Crippen LogP contribution is 2.26. The van der Waals surface area contributed by atoms with E-state index < -0.39 is 0 Å². The van der Waals surface area contributed by atoms with Gasteiger partial charge >= 0.3 is 0 Å². The second-order valence-corrected chi connectivity index (χ2v) is 3.92. The number of hydrogen-bond donors (Lipinski definition) is 1. The Kier molecular flexibility index (Phi) is 1.92. The van der Waals surface area contributed by atoms with Gasteiger partial charge in [-0.1, -0.05) is 6.92 Å². The minimum absolute atomic E-state index is 0.167. The molecular formula is C9H9FN2S. The summed E-state index contributed by atoms with van der Waals surface area (Å²) in [6, 6.07) is 3.03. The fourth-order valence-corrected chi connectivity index (χ4v) is 2.08. The topological polar surface area (TPSA) is 38.9 Å². The average Bonchev–Trinajstić information content (AvgIpc) is 2.48. The Balaban J connectivity index is 2.70. The van der Waals surface area contributed by atoms with E-state index in [4.69, 9.17) is 5.73 Å². The molecule has 1 heterocycles. The normalized spacial score (nSPS) is 10.9. The summed E-state index contributed by atoms with van der Waals surface area (Å²) < 4.78 is 13.9. The second kappa shape index (κ2) is 2.96. The van der Waals surface area contributed by atoms with Gasteiger partial charge in [-0.3, -0.25) is 0 Å². The van der Waals surface area contributed by atoms with Gasteiger partial charge in [-0.05, 0) is 18.6 Å². The zero-order valence-electron chi connectivity index (χ0n) is 7.17. The van der Waals surface area contributed by atoms with Gasteiger partial charge < -0.3 is 5.73 Å². The van der Waals surface area contributed by atoms with E-state index in [1.54, 1.807) is 6.07 Å². The molecule has 0 aliphatic rings. The summed E-state index contributed by atoms with van der Waals surface area (Å²) in [5.41, 5.74) is 6.39. The number of nitrogens with two attached hydrogens (primary N) is 1. The van der Waals surface area contributed by atoms with E-state index in [1.807, 2.05) is 6.92 Å². The van der Waals surface area contributed by atoms with Crippen LogP contribution in [0, 0.1) is 5.82 Å². The maximum atomic E-state index is 13.0. The number of aryl methyl sites for hydroxylation is 1. The Morgan fingerprint density at radius 3 is 3.00 bits per heavy atom. The number of nitrogens with zero attached hydrogens (tertiary/aromatic N) is 1. The fraction of sp³-hybridized carbons (Fsp3) is 0.222. The molecule has 13 heavy (non-hydrogen) atoms. The van der Waals surface area contributed by atoms with E-state index in [-0.39, 0.29) is 11.5 Å². The third-order valence-electron chi connectivity index (χ3n) is 1.85. The summed E-state index contributed by atoms with van der Waals surface area (Å²) in [5.74, 6) is -0.362. The quantitative estimate of drug-likeness (QED) is 0.712. The Hall–Kier alpha value is -1.16. The summed E-state index contributed by atoms with van der Waals surface area (Å²) in [6.07, 6.45) is 0.876. The molecule has 0 saturated heterocycles. The van der Waals surface area contributed by atoms with Gasteiger partial charge in [0.1, 0.15) is 5.82 Å². The van der Waals surface area contributed by atoms with Crippen LogP contribution in [-0.4, -0.2) is 4.98 Å². The number of benzene rings is 1. The van der Waals surface area contributed by atoms with Gasteiger partial charge in [-0.25, -0.2) is 9.37 Å². The van der Waals surface area contributed by atoms with Gasteiger partial charge in [0, 0.05) is 0 Å². The summed E-state index contributed by atoms with van der Waals surface area (Å²) in [4.78, 5) is 4.30. The van der Waals surface area contributed by atoms with Gasteiger partial charge in [0.05, 0.1) is 20.9 Å². The highest BCUT2D eigenvalue weighted by molar-refractivity contribution is 7.18. The van der Waals surface area contributed by atoms with E-state index in [2.05, 4.69) is 4.98 Å². The lowest BCUT2D eigenvalue weighted by atomic mass is 10.3. The molecule has 0 saturated carbocycles. The summed E-state index contributed by atoms with van der Waals surface area (Å²) >= 11 is 1.51. The van der Waals surface area contributed by atoms with Gasteiger partial charge in [0.15, 0.2) is 0 Å². The molecule has 1 aromatic heterocycles. The number of nitrogen functional groups attached to an aromatic ring is 1. The number of anilines is 1. The lowest BCUT2D eigenvalue weighted by Gasteiger charge is -1.93. The van der Waals surface area contributed by atoms with Crippen molar-refractivity contribution in [1.29, 1.82) is 0 Å². The number of hydrogen-bond acceptors (Lipinski definition) is 3. The van der Waals surface area contributed by atoms with Crippen LogP contribution in [0.1, 0.15) is 11.9 Å². The molecule has 0 unspecified atom stereocenters. The summed E-state index contributed by atoms with van der Waals surface area (Å²) in [7, 11) is 0. The molecule has 0 amide bonds. The van der Waals surface area contributed by atoms with Crippen LogP contribution in [0.3, 0.4) is 0 Å². The van der Waals surface area contributed by atoms with Crippen molar-refractivity contribution in [1.82, 2.24) is 4.98 Å². The largest absolute Gasteiger partial charge is 0.396 e. The average molecular weight is 196 g/mol. The van der Waals surface area contributed by atoms with Crippen molar-refractivity contribution in [2.24, 2.45) is 0 Å². The monoisotopic (exact) mass is 196 g/mol. The number of rotatable bonds is 1. The van der Waals surface area contributed by atoms with Crippen molar-refractivity contribution < 1.29 is 4.39 Å². The Morgan fingerprint density at radius 1 is 1.54 bits per heavy atom. The molecule has 2 nitrogen and oxygen atoms in total. The Labute approximate surface area is 79.2 Å². The van der Waals surface area contributed by atoms with Crippen molar-refractivity contribution in [3.63, 3.8) is 0 Å². The maximum Gasteiger partial charge on any atom is 0.147 e. The van der Waals surface area contributed by atoms with Crippen molar-refractivity contribution >= 4 is 27.2 Å². The predicted molar refractivity (Wildman–Crippen MR) is 53.4 cm³/mol. The molecule has 2 rings (SSSR count). The fourth-order valence-electron chi connectivity index (χ4n) is 1.16. The Bertz CT molecular complexity index is 411. The third-order valence-corrected chi connectivity index (χ3v) is 3.02. The third kappa shape index (κ3) is 1.37. The van der Waals surface area contributed by atoms with Crippen LogP contribution >= 0.6 is 11.3 Å². The van der Waals surface area contributed by atoms with Crippen LogP contribution < -0.4 is 5.73 Å². The van der Waals surface area contributed by atoms with Gasteiger partial charge in [0.2, 0.25) is 0 Å². The minimum atomic E-state index is -0.362. The molecule has 0 bridgehead atoms. The predicted octanol–water partition coefficient (Wildman–Crippen LogP) is 2.58. The molecule has 2 N–H and O–H groups in total. The molecule has 0 aliphatic carbocycles. The molecule has 2 aromatic rings. The highest BCUT2D eigenvalue weighted by atomic mass is 32.1. The van der Waals surface area contributed by atoms with Crippen LogP contribution in [0.25, 0.3) is 10.2 Å². The van der Waals surface area contributed by atoms with Crippen LogP contribution in [0.2, 0.25) is 0 Å². The molecule has 0 spiro atoms.